The molecule has 1 aromatic carbocycles. The van der Waals surface area contributed by atoms with Crippen molar-refractivity contribution in [3.63, 3.8) is 0 Å². The summed E-state index contributed by atoms with van der Waals surface area (Å²) in [7, 11) is 0. The van der Waals surface area contributed by atoms with Crippen molar-refractivity contribution in [1.29, 1.82) is 0 Å². The first-order valence-corrected chi connectivity index (χ1v) is 8.63. The highest BCUT2D eigenvalue weighted by Gasteiger charge is 2.22. The molecule has 1 aromatic heterocycles. The lowest BCUT2D eigenvalue weighted by molar-refractivity contribution is 0.112. The molecule has 2 heterocycles. The van der Waals surface area contributed by atoms with E-state index in [0.717, 1.165) is 28.9 Å². The van der Waals surface area contributed by atoms with Gasteiger partial charge in [0.2, 0.25) is 0 Å². The Kier molecular flexibility index (Phi) is 5.93. The van der Waals surface area contributed by atoms with Gasteiger partial charge in [0.1, 0.15) is 23.7 Å². The lowest BCUT2D eigenvalue weighted by Crippen LogP contribution is -2.06. The van der Waals surface area contributed by atoms with Gasteiger partial charge in [0.05, 0.1) is 13.3 Å². The second kappa shape index (κ2) is 8.55. The molecule has 1 aliphatic rings. The number of hydrogen-bond donors (Lipinski definition) is 2. The highest BCUT2D eigenvalue weighted by molar-refractivity contribution is 5.86. The molecule has 1 aliphatic heterocycles. The molecule has 0 radical (unpaired) electrons. The number of hydrogen-bond acceptors (Lipinski definition) is 6. The lowest BCUT2D eigenvalue weighted by Gasteiger charge is -2.13. The number of benzene rings is 1. The zero-order chi connectivity index (χ0) is 19.2. The Balaban J connectivity index is 1.84. The Bertz CT molecular complexity index is 909. The summed E-state index contributed by atoms with van der Waals surface area (Å²) in [5.74, 6) is 1.07. The van der Waals surface area contributed by atoms with Crippen LogP contribution in [0.4, 0.5) is 10.2 Å². The first-order chi connectivity index (χ1) is 13.1. The van der Waals surface area contributed by atoms with Gasteiger partial charge in [-0.2, -0.15) is 0 Å². The van der Waals surface area contributed by atoms with Crippen LogP contribution in [0.5, 0.6) is 5.75 Å². The van der Waals surface area contributed by atoms with Gasteiger partial charge in [-0.1, -0.05) is 0 Å². The Labute approximate surface area is 157 Å². The summed E-state index contributed by atoms with van der Waals surface area (Å²) in [6, 6.07) is 4.28. The number of aliphatic imine (C=N–C) groups is 1. The molecule has 7 heteroatoms. The molecule has 0 saturated carbocycles. The van der Waals surface area contributed by atoms with Gasteiger partial charge in [-0.05, 0) is 36.8 Å². The molecule has 27 heavy (non-hydrogen) atoms. The van der Waals surface area contributed by atoms with Crippen molar-refractivity contribution in [2.75, 3.05) is 18.6 Å². The van der Waals surface area contributed by atoms with Crippen molar-refractivity contribution in [3.05, 3.63) is 58.5 Å². The summed E-state index contributed by atoms with van der Waals surface area (Å²) in [4.78, 5) is 19.4. The van der Waals surface area contributed by atoms with Crippen LogP contribution in [0.3, 0.4) is 0 Å². The SMILES string of the molecule is C/C(=C\C=N/CN)c1cnc(NCc2cc(C=O)ccc2F)c2c1OCC2. The van der Waals surface area contributed by atoms with Gasteiger partial charge in [0, 0.05) is 47.6 Å². The normalized spacial score (nSPS) is 13.5. The highest BCUT2D eigenvalue weighted by atomic mass is 19.1. The van der Waals surface area contributed by atoms with Gasteiger partial charge in [-0.3, -0.25) is 9.79 Å². The maximum absolute atomic E-state index is 14.0. The van der Waals surface area contributed by atoms with E-state index in [9.17, 15) is 9.18 Å². The predicted molar refractivity (Wildman–Crippen MR) is 104 cm³/mol. The number of carbonyl (C=O) groups excluding carboxylic acids is 1. The van der Waals surface area contributed by atoms with Gasteiger partial charge in [0.25, 0.3) is 0 Å². The third-order valence-corrected chi connectivity index (χ3v) is 4.34. The van der Waals surface area contributed by atoms with E-state index in [1.54, 1.807) is 12.4 Å². The van der Waals surface area contributed by atoms with E-state index >= 15 is 0 Å². The Morgan fingerprint density at radius 2 is 2.33 bits per heavy atom. The second-order valence-electron chi connectivity index (χ2n) is 6.11. The quantitative estimate of drug-likeness (QED) is 0.579. The predicted octanol–water partition coefficient (Wildman–Crippen LogP) is 2.97. The topological polar surface area (TPSA) is 89.6 Å². The number of rotatable bonds is 7. The van der Waals surface area contributed by atoms with Crippen molar-refractivity contribution in [2.24, 2.45) is 10.7 Å². The molecule has 6 nitrogen and oxygen atoms in total. The number of nitrogens with two attached hydrogens (primary N) is 1. The third kappa shape index (κ3) is 4.20. The van der Waals surface area contributed by atoms with Crippen LogP contribution in [0.2, 0.25) is 0 Å². The molecule has 0 bridgehead atoms. The molecular formula is C20H21FN4O2. The van der Waals surface area contributed by atoms with Gasteiger partial charge in [-0.15, -0.1) is 0 Å². The first-order valence-electron chi connectivity index (χ1n) is 8.63. The van der Waals surface area contributed by atoms with Gasteiger partial charge >= 0.3 is 0 Å². The average molecular weight is 368 g/mol. The molecule has 2 aromatic rings. The van der Waals surface area contributed by atoms with Gasteiger partial charge in [0.15, 0.2) is 0 Å². The number of nitrogens with zero attached hydrogens (tertiary/aromatic N) is 2. The molecule has 0 fully saturated rings. The van der Waals surface area contributed by atoms with Crippen molar-refractivity contribution in [3.8, 4) is 5.75 Å². The summed E-state index contributed by atoms with van der Waals surface area (Å²) in [5.41, 5.74) is 9.02. The fourth-order valence-corrected chi connectivity index (χ4v) is 2.92. The van der Waals surface area contributed by atoms with Crippen LogP contribution < -0.4 is 15.8 Å². The summed E-state index contributed by atoms with van der Waals surface area (Å²) >= 11 is 0. The number of carbonyl (C=O) groups is 1. The second-order valence-corrected chi connectivity index (χ2v) is 6.11. The minimum atomic E-state index is -0.365. The number of allylic oxidation sites excluding steroid dienone is 2. The van der Waals surface area contributed by atoms with Gasteiger partial charge in [-0.25, -0.2) is 9.37 Å². The van der Waals surface area contributed by atoms with Crippen molar-refractivity contribution < 1.29 is 13.9 Å². The number of aromatic nitrogens is 1. The molecular weight excluding hydrogens is 347 g/mol. The molecule has 0 amide bonds. The van der Waals surface area contributed by atoms with Crippen LogP contribution >= 0.6 is 0 Å². The van der Waals surface area contributed by atoms with E-state index in [0.29, 0.717) is 29.8 Å². The minimum absolute atomic E-state index is 0.226. The van der Waals surface area contributed by atoms with E-state index in [2.05, 4.69) is 15.3 Å². The van der Waals surface area contributed by atoms with Crippen LogP contribution in [-0.2, 0) is 13.0 Å². The van der Waals surface area contributed by atoms with Crippen LogP contribution in [0.15, 0.2) is 35.5 Å². The first kappa shape index (κ1) is 18.7. The number of nitrogens with one attached hydrogen (secondary N) is 1. The molecule has 0 spiro atoms. The van der Waals surface area contributed by atoms with Gasteiger partial charge < -0.3 is 15.8 Å². The lowest BCUT2D eigenvalue weighted by atomic mass is 10.0. The smallest absolute Gasteiger partial charge is 0.150 e. The van der Waals surface area contributed by atoms with E-state index in [1.807, 2.05) is 13.0 Å². The average Bonchev–Trinajstić information content (AvgIpc) is 3.17. The zero-order valence-corrected chi connectivity index (χ0v) is 15.0. The molecule has 0 saturated heterocycles. The van der Waals surface area contributed by atoms with Crippen LogP contribution in [0.25, 0.3) is 5.57 Å². The monoisotopic (exact) mass is 368 g/mol. The van der Waals surface area contributed by atoms with Crippen LogP contribution in [-0.4, -0.2) is 30.8 Å². The molecule has 0 unspecified atom stereocenters. The summed E-state index contributed by atoms with van der Waals surface area (Å²) in [6.07, 6.45) is 6.67. The Morgan fingerprint density at radius 1 is 1.48 bits per heavy atom. The number of aldehydes is 1. The van der Waals surface area contributed by atoms with Crippen LogP contribution in [0.1, 0.15) is 34.0 Å². The van der Waals surface area contributed by atoms with E-state index in [4.69, 9.17) is 10.5 Å². The van der Waals surface area contributed by atoms with Crippen molar-refractivity contribution in [2.45, 2.75) is 19.9 Å². The number of anilines is 1. The number of fused-ring (bicyclic) bond motifs is 1. The zero-order valence-electron chi connectivity index (χ0n) is 15.0. The fraction of sp³-hybridized carbons (Fsp3) is 0.250. The number of halogens is 1. The highest BCUT2D eigenvalue weighted by Crippen LogP contribution is 2.37. The number of ether oxygens (including phenoxy) is 1. The summed E-state index contributed by atoms with van der Waals surface area (Å²) < 4.78 is 19.8. The third-order valence-electron chi connectivity index (χ3n) is 4.34. The Hall–Kier alpha value is -3.06. The number of pyridine rings is 1. The molecule has 0 atom stereocenters. The van der Waals surface area contributed by atoms with E-state index < -0.39 is 0 Å². The molecule has 3 rings (SSSR count). The standard InChI is InChI=1S/C20H21FN4O2/c1-13(4-6-23-12-22)17-10-25-20(16-5-7-27-19(16)17)24-9-15-8-14(11-26)2-3-18(15)21/h2-4,6,8,10-11H,5,7,9,12,22H2,1H3,(H,24,25)/b13-4+,23-6-. The molecule has 0 aliphatic carbocycles. The van der Waals surface area contributed by atoms with E-state index in [1.165, 1.54) is 18.2 Å². The summed E-state index contributed by atoms with van der Waals surface area (Å²) in [6.45, 7) is 2.99. The molecule has 3 N–H and O–H groups in total. The maximum atomic E-state index is 14.0. The molecule has 140 valence electrons. The Morgan fingerprint density at radius 3 is 3.11 bits per heavy atom. The van der Waals surface area contributed by atoms with E-state index in [-0.39, 0.29) is 19.0 Å². The fourth-order valence-electron chi connectivity index (χ4n) is 2.92. The van der Waals surface area contributed by atoms with Crippen molar-refractivity contribution >= 4 is 23.9 Å². The minimum Gasteiger partial charge on any atom is -0.492 e. The van der Waals surface area contributed by atoms with Crippen molar-refractivity contribution in [1.82, 2.24) is 4.98 Å². The maximum Gasteiger partial charge on any atom is 0.150 e. The van der Waals surface area contributed by atoms with Crippen LogP contribution in [0, 0.1) is 5.82 Å². The summed E-state index contributed by atoms with van der Waals surface area (Å²) in [5, 5.41) is 3.16. The largest absolute Gasteiger partial charge is 0.492 e.